The standard InChI is InChI=1S/C17H17ClN4/c1-10-7-8-20-17(21-10)22-15-6-5-11(18)9-13(15)12-3-2-4-14(19)16(12)22/h5-9,14H,2-4,19H2,1H3. The topological polar surface area (TPSA) is 56.7 Å². The number of fused-ring (bicyclic) bond motifs is 3. The molecular weight excluding hydrogens is 296 g/mol. The van der Waals surface area contributed by atoms with Crippen molar-refractivity contribution < 1.29 is 0 Å². The molecule has 1 atom stereocenters. The summed E-state index contributed by atoms with van der Waals surface area (Å²) in [6.07, 6.45) is 4.91. The number of hydrogen-bond acceptors (Lipinski definition) is 3. The van der Waals surface area contributed by atoms with Crippen LogP contribution < -0.4 is 5.73 Å². The fraction of sp³-hybridized carbons (Fsp3) is 0.294. The minimum atomic E-state index is 0.0130. The molecule has 22 heavy (non-hydrogen) atoms. The smallest absolute Gasteiger partial charge is 0.234 e. The van der Waals surface area contributed by atoms with Crippen LogP contribution in [0.15, 0.2) is 30.5 Å². The number of aromatic nitrogens is 3. The Morgan fingerprint density at radius 3 is 3.00 bits per heavy atom. The van der Waals surface area contributed by atoms with E-state index in [2.05, 4.69) is 14.5 Å². The van der Waals surface area contributed by atoms with Gasteiger partial charge in [0.05, 0.1) is 5.52 Å². The Morgan fingerprint density at radius 2 is 2.18 bits per heavy atom. The Kier molecular flexibility index (Phi) is 3.17. The van der Waals surface area contributed by atoms with E-state index in [1.165, 1.54) is 10.9 Å². The summed E-state index contributed by atoms with van der Waals surface area (Å²) >= 11 is 6.21. The largest absolute Gasteiger partial charge is 0.323 e. The third kappa shape index (κ3) is 2.02. The van der Waals surface area contributed by atoms with Crippen LogP contribution >= 0.6 is 11.6 Å². The number of nitrogens with two attached hydrogens (primary N) is 1. The number of benzene rings is 1. The first-order chi connectivity index (χ1) is 10.6. The summed E-state index contributed by atoms with van der Waals surface area (Å²) in [6.45, 7) is 1.97. The maximum absolute atomic E-state index is 6.42. The Morgan fingerprint density at radius 1 is 1.32 bits per heavy atom. The summed E-state index contributed by atoms with van der Waals surface area (Å²) in [5.74, 6) is 0.686. The first-order valence-corrected chi connectivity index (χ1v) is 7.91. The van der Waals surface area contributed by atoms with Crippen molar-refractivity contribution in [3.63, 3.8) is 0 Å². The SMILES string of the molecule is Cc1ccnc(-n2c3c(c4cc(Cl)ccc42)CCCC3N)n1. The maximum Gasteiger partial charge on any atom is 0.234 e. The molecule has 2 N–H and O–H groups in total. The zero-order chi connectivity index (χ0) is 15.3. The molecule has 1 aliphatic rings. The van der Waals surface area contributed by atoms with Gasteiger partial charge in [-0.2, -0.15) is 0 Å². The average molecular weight is 313 g/mol. The summed E-state index contributed by atoms with van der Waals surface area (Å²) in [5.41, 5.74) is 10.9. The van der Waals surface area contributed by atoms with Gasteiger partial charge in [-0.15, -0.1) is 0 Å². The molecule has 4 nitrogen and oxygen atoms in total. The molecule has 112 valence electrons. The monoisotopic (exact) mass is 312 g/mol. The molecule has 1 aliphatic carbocycles. The van der Waals surface area contributed by atoms with Gasteiger partial charge in [0.15, 0.2) is 0 Å². The Bertz CT molecular complexity index is 868. The number of rotatable bonds is 1. The van der Waals surface area contributed by atoms with E-state index >= 15 is 0 Å². The van der Waals surface area contributed by atoms with E-state index in [0.717, 1.165) is 41.2 Å². The first kappa shape index (κ1) is 13.7. The van der Waals surface area contributed by atoms with E-state index < -0.39 is 0 Å². The Hall–Kier alpha value is -1.91. The lowest BCUT2D eigenvalue weighted by Crippen LogP contribution is -2.21. The van der Waals surface area contributed by atoms with Gasteiger partial charge in [-0.1, -0.05) is 11.6 Å². The molecule has 0 aliphatic heterocycles. The van der Waals surface area contributed by atoms with E-state index in [9.17, 15) is 0 Å². The molecule has 2 aromatic heterocycles. The zero-order valence-electron chi connectivity index (χ0n) is 12.4. The van der Waals surface area contributed by atoms with Crippen LogP contribution in [0.4, 0.5) is 0 Å². The molecular formula is C17H17ClN4. The second-order valence-electron chi connectivity index (χ2n) is 5.86. The molecule has 1 unspecified atom stereocenters. The van der Waals surface area contributed by atoms with Crippen molar-refractivity contribution in [2.24, 2.45) is 5.73 Å². The van der Waals surface area contributed by atoms with E-state index in [0.29, 0.717) is 5.95 Å². The number of hydrogen-bond donors (Lipinski definition) is 1. The van der Waals surface area contributed by atoms with Crippen molar-refractivity contribution in [3.05, 3.63) is 52.4 Å². The van der Waals surface area contributed by atoms with E-state index in [1.807, 2.05) is 31.2 Å². The molecule has 0 saturated heterocycles. The highest BCUT2D eigenvalue weighted by Crippen LogP contribution is 2.38. The van der Waals surface area contributed by atoms with Crippen LogP contribution in [0, 0.1) is 6.92 Å². The predicted molar refractivity (Wildman–Crippen MR) is 88.5 cm³/mol. The van der Waals surface area contributed by atoms with Crippen molar-refractivity contribution in [2.75, 3.05) is 0 Å². The first-order valence-electron chi connectivity index (χ1n) is 7.53. The highest BCUT2D eigenvalue weighted by molar-refractivity contribution is 6.31. The molecule has 0 amide bonds. The van der Waals surface area contributed by atoms with Gasteiger partial charge >= 0.3 is 0 Å². The van der Waals surface area contributed by atoms with E-state index in [-0.39, 0.29) is 6.04 Å². The van der Waals surface area contributed by atoms with Crippen LogP contribution in [-0.2, 0) is 6.42 Å². The lowest BCUT2D eigenvalue weighted by atomic mass is 9.92. The van der Waals surface area contributed by atoms with Crippen molar-refractivity contribution in [2.45, 2.75) is 32.2 Å². The summed E-state index contributed by atoms with van der Waals surface area (Å²) in [5, 5.41) is 1.92. The van der Waals surface area contributed by atoms with Crippen LogP contribution in [0.2, 0.25) is 5.02 Å². The maximum atomic E-state index is 6.42. The van der Waals surface area contributed by atoms with Crippen molar-refractivity contribution in [1.29, 1.82) is 0 Å². The molecule has 0 saturated carbocycles. The Balaban J connectivity index is 2.11. The Labute approximate surface area is 133 Å². The highest BCUT2D eigenvalue weighted by atomic mass is 35.5. The quantitative estimate of drug-likeness (QED) is 0.745. The number of aryl methyl sites for hydroxylation is 2. The lowest BCUT2D eigenvalue weighted by Gasteiger charge is -2.21. The molecule has 0 fully saturated rings. The zero-order valence-corrected chi connectivity index (χ0v) is 13.1. The van der Waals surface area contributed by atoms with Gasteiger partial charge in [-0.3, -0.25) is 4.57 Å². The van der Waals surface area contributed by atoms with Crippen LogP contribution in [0.25, 0.3) is 16.9 Å². The second kappa shape index (κ2) is 5.07. The van der Waals surface area contributed by atoms with Gasteiger partial charge in [0, 0.05) is 34.0 Å². The van der Waals surface area contributed by atoms with Gasteiger partial charge in [0.2, 0.25) is 5.95 Å². The van der Waals surface area contributed by atoms with Gasteiger partial charge in [0.1, 0.15) is 0 Å². The molecule has 4 rings (SSSR count). The number of halogens is 1. The molecule has 0 spiro atoms. The third-order valence-electron chi connectivity index (χ3n) is 4.35. The van der Waals surface area contributed by atoms with Gasteiger partial charge < -0.3 is 5.73 Å². The van der Waals surface area contributed by atoms with Crippen molar-refractivity contribution in [1.82, 2.24) is 14.5 Å². The predicted octanol–water partition coefficient (Wildman–Crippen LogP) is 3.72. The van der Waals surface area contributed by atoms with Crippen molar-refractivity contribution in [3.8, 4) is 5.95 Å². The molecule has 0 radical (unpaired) electrons. The normalized spacial score (nSPS) is 17.7. The minimum Gasteiger partial charge on any atom is -0.323 e. The van der Waals surface area contributed by atoms with Crippen LogP contribution in [0.3, 0.4) is 0 Å². The molecule has 2 heterocycles. The summed E-state index contributed by atoms with van der Waals surface area (Å²) < 4.78 is 2.11. The van der Waals surface area contributed by atoms with E-state index in [4.69, 9.17) is 17.3 Å². The fourth-order valence-electron chi connectivity index (χ4n) is 3.39. The second-order valence-corrected chi connectivity index (χ2v) is 6.29. The lowest BCUT2D eigenvalue weighted by molar-refractivity contribution is 0.548. The molecule has 0 bridgehead atoms. The fourth-order valence-corrected chi connectivity index (χ4v) is 3.57. The van der Waals surface area contributed by atoms with E-state index in [1.54, 1.807) is 6.20 Å². The molecule has 1 aromatic carbocycles. The summed E-state index contributed by atoms with van der Waals surface area (Å²) in [4.78, 5) is 9.05. The van der Waals surface area contributed by atoms with Crippen LogP contribution in [0.1, 0.15) is 35.8 Å². The summed E-state index contributed by atoms with van der Waals surface area (Å²) in [7, 11) is 0. The van der Waals surface area contributed by atoms with Gasteiger partial charge in [-0.05, 0) is 56.0 Å². The van der Waals surface area contributed by atoms with Crippen LogP contribution in [-0.4, -0.2) is 14.5 Å². The molecule has 5 heteroatoms. The average Bonchev–Trinajstić information content (AvgIpc) is 2.82. The number of nitrogens with zero attached hydrogens (tertiary/aromatic N) is 3. The minimum absolute atomic E-state index is 0.0130. The third-order valence-corrected chi connectivity index (χ3v) is 4.59. The van der Waals surface area contributed by atoms with Crippen LogP contribution in [0.5, 0.6) is 0 Å². The van der Waals surface area contributed by atoms with Crippen molar-refractivity contribution >= 4 is 22.5 Å². The highest BCUT2D eigenvalue weighted by Gasteiger charge is 2.27. The molecule has 3 aromatic rings. The summed E-state index contributed by atoms with van der Waals surface area (Å²) in [6, 6.07) is 7.89. The van der Waals surface area contributed by atoms with Gasteiger partial charge in [0.25, 0.3) is 0 Å². The van der Waals surface area contributed by atoms with Gasteiger partial charge in [-0.25, -0.2) is 9.97 Å².